The number of methoxy groups -OCH3 is 2. The Bertz CT molecular complexity index is 1010. The van der Waals surface area contributed by atoms with Crippen LogP contribution in [0.2, 0.25) is 0 Å². The summed E-state index contributed by atoms with van der Waals surface area (Å²) in [5, 5.41) is 4.89. The molecule has 0 spiro atoms. The molecule has 0 saturated carbocycles. The molecular formula is C23H25N3O6. The fourth-order valence-corrected chi connectivity index (χ4v) is 3.46. The number of rotatable bonds is 5. The van der Waals surface area contributed by atoms with E-state index in [-0.39, 0.29) is 16.8 Å². The van der Waals surface area contributed by atoms with E-state index < -0.39 is 23.8 Å². The number of nitrogens with one attached hydrogen (secondary N) is 2. The van der Waals surface area contributed by atoms with E-state index in [9.17, 15) is 19.2 Å². The van der Waals surface area contributed by atoms with E-state index in [0.29, 0.717) is 5.69 Å². The van der Waals surface area contributed by atoms with Gasteiger partial charge in [-0.15, -0.1) is 0 Å². The molecule has 2 aromatic carbocycles. The minimum atomic E-state index is -1.00. The summed E-state index contributed by atoms with van der Waals surface area (Å²) in [6.07, 6.45) is 3.55. The van der Waals surface area contributed by atoms with Crippen molar-refractivity contribution in [3.05, 3.63) is 53.6 Å². The molecule has 0 aliphatic carbocycles. The summed E-state index contributed by atoms with van der Waals surface area (Å²) in [5.74, 6) is -3.31. The van der Waals surface area contributed by atoms with E-state index in [2.05, 4.69) is 20.3 Å². The number of hydrogen-bond donors (Lipinski definition) is 2. The molecule has 2 aromatic rings. The molecule has 0 bridgehead atoms. The highest BCUT2D eigenvalue weighted by Gasteiger charge is 2.21. The van der Waals surface area contributed by atoms with Gasteiger partial charge in [-0.1, -0.05) is 0 Å². The highest BCUT2D eigenvalue weighted by Crippen LogP contribution is 2.22. The first-order valence-corrected chi connectivity index (χ1v) is 10.2. The zero-order chi connectivity index (χ0) is 23.1. The minimum Gasteiger partial charge on any atom is -0.465 e. The van der Waals surface area contributed by atoms with Crippen molar-refractivity contribution in [3.8, 4) is 0 Å². The molecule has 1 saturated heterocycles. The van der Waals surface area contributed by atoms with Gasteiger partial charge in [0.15, 0.2) is 0 Å². The number of ether oxygens (including phenoxy) is 2. The second-order valence-electron chi connectivity index (χ2n) is 7.25. The van der Waals surface area contributed by atoms with Gasteiger partial charge in [0.05, 0.1) is 31.0 Å². The number of amides is 2. The zero-order valence-electron chi connectivity index (χ0n) is 18.0. The van der Waals surface area contributed by atoms with E-state index in [0.717, 1.165) is 31.6 Å². The fraction of sp³-hybridized carbons (Fsp3) is 0.304. The van der Waals surface area contributed by atoms with Crippen LogP contribution < -0.4 is 15.5 Å². The second kappa shape index (κ2) is 10.4. The van der Waals surface area contributed by atoms with E-state index in [1.54, 1.807) is 12.1 Å². The summed E-state index contributed by atoms with van der Waals surface area (Å²) in [6, 6.07) is 11.2. The minimum absolute atomic E-state index is 0.00723. The van der Waals surface area contributed by atoms with Gasteiger partial charge >= 0.3 is 23.8 Å². The van der Waals surface area contributed by atoms with Gasteiger partial charge in [0.1, 0.15) is 0 Å². The quantitative estimate of drug-likeness (QED) is 0.544. The normalized spacial score (nSPS) is 13.1. The molecule has 0 unspecified atom stereocenters. The van der Waals surface area contributed by atoms with Gasteiger partial charge in [0.2, 0.25) is 0 Å². The third kappa shape index (κ3) is 5.42. The molecule has 0 aromatic heterocycles. The van der Waals surface area contributed by atoms with Crippen LogP contribution in [0.5, 0.6) is 0 Å². The zero-order valence-corrected chi connectivity index (χ0v) is 18.0. The maximum absolute atomic E-state index is 12.4. The summed E-state index contributed by atoms with van der Waals surface area (Å²) in [7, 11) is 2.39. The van der Waals surface area contributed by atoms with Gasteiger partial charge in [0.25, 0.3) is 0 Å². The Labute approximate surface area is 185 Å². The predicted octanol–water partition coefficient (Wildman–Crippen LogP) is 2.83. The molecule has 1 aliphatic rings. The molecule has 9 nitrogen and oxygen atoms in total. The Morgan fingerprint density at radius 3 is 2.03 bits per heavy atom. The number of anilines is 3. The monoisotopic (exact) mass is 439 g/mol. The molecule has 2 N–H and O–H groups in total. The molecule has 9 heteroatoms. The van der Waals surface area contributed by atoms with Crippen LogP contribution in [0.4, 0.5) is 17.1 Å². The Morgan fingerprint density at radius 1 is 0.781 bits per heavy atom. The maximum Gasteiger partial charge on any atom is 0.339 e. The summed E-state index contributed by atoms with van der Waals surface area (Å²) >= 11 is 0. The fourth-order valence-electron chi connectivity index (χ4n) is 3.46. The summed E-state index contributed by atoms with van der Waals surface area (Å²) < 4.78 is 9.34. The van der Waals surface area contributed by atoms with Crippen molar-refractivity contribution in [2.24, 2.45) is 0 Å². The number of carbonyl (C=O) groups excluding carboxylic acids is 4. The lowest BCUT2D eigenvalue weighted by Gasteiger charge is -2.28. The van der Waals surface area contributed by atoms with Crippen LogP contribution in [-0.4, -0.2) is 51.1 Å². The number of nitrogens with zero attached hydrogens (tertiary/aromatic N) is 1. The van der Waals surface area contributed by atoms with Gasteiger partial charge in [-0.05, 0) is 61.7 Å². The summed E-state index contributed by atoms with van der Waals surface area (Å²) in [4.78, 5) is 50.9. The number of hydrogen-bond acceptors (Lipinski definition) is 7. The molecule has 32 heavy (non-hydrogen) atoms. The smallest absolute Gasteiger partial charge is 0.339 e. The molecule has 0 radical (unpaired) electrons. The van der Waals surface area contributed by atoms with Gasteiger partial charge in [-0.2, -0.15) is 0 Å². The second-order valence-corrected chi connectivity index (χ2v) is 7.25. The van der Waals surface area contributed by atoms with Gasteiger partial charge < -0.3 is 25.0 Å². The van der Waals surface area contributed by atoms with E-state index in [4.69, 9.17) is 4.74 Å². The van der Waals surface area contributed by atoms with Crippen LogP contribution in [0.1, 0.15) is 40.0 Å². The van der Waals surface area contributed by atoms with Crippen molar-refractivity contribution in [1.29, 1.82) is 0 Å². The van der Waals surface area contributed by atoms with E-state index in [1.807, 2.05) is 12.1 Å². The molecule has 3 rings (SSSR count). The van der Waals surface area contributed by atoms with Crippen LogP contribution in [-0.2, 0) is 19.1 Å². The summed E-state index contributed by atoms with van der Waals surface area (Å²) in [5.41, 5.74) is 1.58. The predicted molar refractivity (Wildman–Crippen MR) is 119 cm³/mol. The molecular weight excluding hydrogens is 414 g/mol. The molecule has 0 atom stereocenters. The third-order valence-corrected chi connectivity index (χ3v) is 5.15. The first-order chi connectivity index (χ1) is 15.4. The molecule has 168 valence electrons. The number of piperidine rings is 1. The highest BCUT2D eigenvalue weighted by molar-refractivity contribution is 6.44. The van der Waals surface area contributed by atoms with Crippen LogP contribution in [0, 0.1) is 0 Å². The van der Waals surface area contributed by atoms with Crippen molar-refractivity contribution in [3.63, 3.8) is 0 Å². The van der Waals surface area contributed by atoms with Crippen molar-refractivity contribution < 1.29 is 28.7 Å². The lowest BCUT2D eigenvalue weighted by atomic mass is 10.1. The van der Waals surface area contributed by atoms with Crippen LogP contribution in [0.25, 0.3) is 0 Å². The van der Waals surface area contributed by atoms with Crippen LogP contribution in [0.15, 0.2) is 42.5 Å². The number of benzene rings is 2. The molecule has 1 aliphatic heterocycles. The average Bonchev–Trinajstić information content (AvgIpc) is 2.84. The maximum atomic E-state index is 12.4. The Kier molecular flexibility index (Phi) is 7.43. The number of esters is 2. The first-order valence-electron chi connectivity index (χ1n) is 10.2. The van der Waals surface area contributed by atoms with Crippen LogP contribution in [0.3, 0.4) is 0 Å². The van der Waals surface area contributed by atoms with Crippen molar-refractivity contribution >= 4 is 40.8 Å². The third-order valence-electron chi connectivity index (χ3n) is 5.15. The number of carbonyl (C=O) groups is 4. The van der Waals surface area contributed by atoms with E-state index >= 15 is 0 Å². The van der Waals surface area contributed by atoms with Crippen molar-refractivity contribution in [2.45, 2.75) is 19.3 Å². The Morgan fingerprint density at radius 2 is 1.41 bits per heavy atom. The standard InChI is InChI=1S/C23H25N3O6/c1-31-22(29)15-6-11-18(23(30)32-2)19(14-15)25-21(28)20(27)24-16-7-9-17(10-8-16)26-12-4-3-5-13-26/h6-11,14H,3-5,12-13H2,1-2H3,(H,24,27)(H,25,28). The van der Waals surface area contributed by atoms with Crippen molar-refractivity contribution in [1.82, 2.24) is 0 Å². The van der Waals surface area contributed by atoms with Gasteiger partial charge in [0, 0.05) is 24.5 Å². The van der Waals surface area contributed by atoms with Gasteiger partial charge in [-0.3, -0.25) is 9.59 Å². The molecule has 1 heterocycles. The van der Waals surface area contributed by atoms with E-state index in [1.165, 1.54) is 38.8 Å². The summed E-state index contributed by atoms with van der Waals surface area (Å²) in [6.45, 7) is 2.00. The Balaban J connectivity index is 1.70. The van der Waals surface area contributed by atoms with Gasteiger partial charge in [-0.25, -0.2) is 9.59 Å². The molecule has 2 amide bonds. The lowest BCUT2D eigenvalue weighted by Crippen LogP contribution is -2.30. The first kappa shape index (κ1) is 22.8. The average molecular weight is 439 g/mol. The topological polar surface area (TPSA) is 114 Å². The largest absolute Gasteiger partial charge is 0.465 e. The highest BCUT2D eigenvalue weighted by atomic mass is 16.5. The SMILES string of the molecule is COC(=O)c1ccc(C(=O)OC)c(NC(=O)C(=O)Nc2ccc(N3CCCCC3)cc2)c1. The van der Waals surface area contributed by atoms with Crippen molar-refractivity contribution in [2.75, 3.05) is 42.8 Å². The Hall–Kier alpha value is -3.88. The molecule has 1 fully saturated rings. The van der Waals surface area contributed by atoms with Crippen LogP contribution >= 0.6 is 0 Å². The lowest BCUT2D eigenvalue weighted by molar-refractivity contribution is -0.133.